The average molecular weight is 334 g/mol. The van der Waals surface area contributed by atoms with E-state index in [-0.39, 0.29) is 17.6 Å². The van der Waals surface area contributed by atoms with Crippen LogP contribution in [0.15, 0.2) is 48.6 Å². The third kappa shape index (κ3) is 1.68. The van der Waals surface area contributed by atoms with Crippen molar-refractivity contribution in [3.63, 3.8) is 0 Å². The highest BCUT2D eigenvalue weighted by Crippen LogP contribution is 2.72. The number of ketones is 1. The van der Waals surface area contributed by atoms with Gasteiger partial charge in [-0.05, 0) is 37.1 Å². The minimum absolute atomic E-state index is 0.0799. The third-order valence-electron chi connectivity index (χ3n) is 6.04. The Morgan fingerprint density at radius 2 is 1.36 bits per heavy atom. The standard InChI is InChI=1S/C22H22O3/c1-12(2)22(13(3)23)20-14-8-6-7-9-15(14)21(22)19-17(25-5)11-10-16(24-4)18(19)20/h6-11,20-21H,1H2,2-5H3. The Balaban J connectivity index is 2.16. The Labute approximate surface area is 148 Å². The van der Waals surface area contributed by atoms with E-state index in [9.17, 15) is 4.79 Å². The molecule has 0 N–H and O–H groups in total. The summed E-state index contributed by atoms with van der Waals surface area (Å²) in [6, 6.07) is 12.2. The molecular formula is C22H22O3. The number of hydrogen-bond donors (Lipinski definition) is 0. The molecule has 0 saturated carbocycles. The molecule has 25 heavy (non-hydrogen) atoms. The number of ether oxygens (including phenoxy) is 2. The molecule has 0 spiro atoms. The summed E-state index contributed by atoms with van der Waals surface area (Å²) in [4.78, 5) is 13.1. The summed E-state index contributed by atoms with van der Waals surface area (Å²) < 4.78 is 11.4. The highest BCUT2D eigenvalue weighted by atomic mass is 16.5. The van der Waals surface area contributed by atoms with E-state index in [4.69, 9.17) is 9.47 Å². The van der Waals surface area contributed by atoms with Crippen LogP contribution in [0.4, 0.5) is 0 Å². The summed E-state index contributed by atoms with van der Waals surface area (Å²) in [7, 11) is 3.35. The van der Waals surface area contributed by atoms with Gasteiger partial charge in [0, 0.05) is 23.0 Å². The lowest BCUT2D eigenvalue weighted by molar-refractivity contribution is -0.125. The lowest BCUT2D eigenvalue weighted by atomic mass is 9.67. The van der Waals surface area contributed by atoms with Crippen LogP contribution in [-0.2, 0) is 4.79 Å². The maximum atomic E-state index is 13.1. The fourth-order valence-corrected chi connectivity index (χ4v) is 5.21. The molecule has 2 aliphatic rings. The first-order chi connectivity index (χ1) is 12.0. The van der Waals surface area contributed by atoms with Gasteiger partial charge in [-0.3, -0.25) is 4.79 Å². The van der Waals surface area contributed by atoms with Gasteiger partial charge in [0.1, 0.15) is 17.3 Å². The molecule has 2 aromatic rings. The number of carbonyl (C=O) groups excluding carboxylic acids is 1. The summed E-state index contributed by atoms with van der Waals surface area (Å²) >= 11 is 0. The second kappa shape index (κ2) is 5.22. The Kier molecular flexibility index (Phi) is 3.33. The highest BCUT2D eigenvalue weighted by molar-refractivity contribution is 5.94. The summed E-state index contributed by atoms with van der Waals surface area (Å²) in [5, 5.41) is 0. The van der Waals surface area contributed by atoms with Crippen molar-refractivity contribution in [2.75, 3.05) is 14.2 Å². The van der Waals surface area contributed by atoms with E-state index in [1.807, 2.05) is 31.2 Å². The Hall–Kier alpha value is -2.55. The fourth-order valence-electron chi connectivity index (χ4n) is 5.21. The van der Waals surface area contributed by atoms with Gasteiger partial charge >= 0.3 is 0 Å². The lowest BCUT2D eigenvalue weighted by Crippen LogP contribution is -2.34. The fraction of sp³-hybridized carbons (Fsp3) is 0.318. The van der Waals surface area contributed by atoms with Gasteiger partial charge in [-0.2, -0.15) is 0 Å². The molecule has 0 aromatic heterocycles. The predicted molar refractivity (Wildman–Crippen MR) is 97.6 cm³/mol. The zero-order valence-electron chi connectivity index (χ0n) is 15.1. The van der Waals surface area contributed by atoms with Gasteiger partial charge in [0.2, 0.25) is 0 Å². The molecule has 0 radical (unpaired) electrons. The number of Topliss-reactive ketones (excluding diaryl/α,β-unsaturated/α-hetero) is 1. The van der Waals surface area contributed by atoms with Crippen molar-refractivity contribution in [2.45, 2.75) is 25.7 Å². The topological polar surface area (TPSA) is 35.5 Å². The van der Waals surface area contributed by atoms with Crippen molar-refractivity contribution < 1.29 is 14.3 Å². The number of rotatable bonds is 4. The van der Waals surface area contributed by atoms with E-state index in [0.717, 1.165) is 28.2 Å². The molecule has 0 aliphatic heterocycles. The molecular weight excluding hydrogens is 312 g/mol. The summed E-state index contributed by atoms with van der Waals surface area (Å²) in [5.74, 6) is 1.60. The molecule has 4 rings (SSSR count). The van der Waals surface area contributed by atoms with Crippen LogP contribution in [0, 0.1) is 5.41 Å². The number of benzene rings is 2. The Morgan fingerprint density at radius 3 is 1.68 bits per heavy atom. The largest absolute Gasteiger partial charge is 0.496 e. The van der Waals surface area contributed by atoms with E-state index in [2.05, 4.69) is 18.7 Å². The number of carbonyl (C=O) groups is 1. The number of allylic oxidation sites excluding steroid dienone is 1. The minimum Gasteiger partial charge on any atom is -0.496 e. The van der Waals surface area contributed by atoms with Gasteiger partial charge < -0.3 is 9.47 Å². The van der Waals surface area contributed by atoms with Crippen LogP contribution in [-0.4, -0.2) is 20.0 Å². The second-order valence-corrected chi connectivity index (χ2v) is 7.00. The molecule has 2 bridgehead atoms. The quantitative estimate of drug-likeness (QED) is 0.775. The second-order valence-electron chi connectivity index (χ2n) is 7.00. The number of fused-ring (bicyclic) bond motifs is 8. The predicted octanol–water partition coefficient (Wildman–Crippen LogP) is 4.45. The molecule has 2 atom stereocenters. The van der Waals surface area contributed by atoms with Crippen LogP contribution < -0.4 is 9.47 Å². The zero-order valence-corrected chi connectivity index (χ0v) is 15.1. The van der Waals surface area contributed by atoms with Crippen LogP contribution in [0.2, 0.25) is 0 Å². The molecule has 128 valence electrons. The van der Waals surface area contributed by atoms with Crippen molar-refractivity contribution in [3.8, 4) is 11.5 Å². The van der Waals surface area contributed by atoms with Crippen LogP contribution >= 0.6 is 0 Å². The minimum atomic E-state index is -0.673. The maximum absolute atomic E-state index is 13.1. The molecule has 2 aliphatic carbocycles. The van der Waals surface area contributed by atoms with Gasteiger partial charge in [-0.25, -0.2) is 0 Å². The van der Waals surface area contributed by atoms with Gasteiger partial charge in [-0.1, -0.05) is 36.4 Å². The van der Waals surface area contributed by atoms with Crippen LogP contribution in [0.25, 0.3) is 0 Å². The molecule has 0 amide bonds. The Bertz CT molecular complexity index is 835. The van der Waals surface area contributed by atoms with E-state index in [1.54, 1.807) is 21.1 Å². The third-order valence-corrected chi connectivity index (χ3v) is 6.04. The first-order valence-electron chi connectivity index (χ1n) is 8.50. The molecule has 0 fully saturated rings. The Morgan fingerprint density at radius 1 is 0.920 bits per heavy atom. The van der Waals surface area contributed by atoms with Crippen molar-refractivity contribution in [1.82, 2.24) is 0 Å². The molecule has 3 nitrogen and oxygen atoms in total. The van der Waals surface area contributed by atoms with E-state index < -0.39 is 5.41 Å². The highest BCUT2D eigenvalue weighted by Gasteiger charge is 2.64. The lowest BCUT2D eigenvalue weighted by Gasteiger charge is -2.33. The van der Waals surface area contributed by atoms with E-state index >= 15 is 0 Å². The van der Waals surface area contributed by atoms with Gasteiger partial charge in [0.25, 0.3) is 0 Å². The zero-order chi connectivity index (χ0) is 17.9. The van der Waals surface area contributed by atoms with Gasteiger partial charge in [0.15, 0.2) is 0 Å². The smallest absolute Gasteiger partial charge is 0.141 e. The monoisotopic (exact) mass is 334 g/mol. The molecule has 3 heteroatoms. The first kappa shape index (κ1) is 15.9. The first-order valence-corrected chi connectivity index (χ1v) is 8.50. The van der Waals surface area contributed by atoms with Crippen molar-refractivity contribution in [2.24, 2.45) is 5.41 Å². The molecule has 0 saturated heterocycles. The maximum Gasteiger partial charge on any atom is 0.141 e. The van der Waals surface area contributed by atoms with Gasteiger partial charge in [0.05, 0.1) is 19.6 Å². The SMILES string of the molecule is C=C(C)C1(C(C)=O)C2c3ccccc3C1c1c(OC)ccc(OC)c12. The normalized spacial score (nSPS) is 25.3. The summed E-state index contributed by atoms with van der Waals surface area (Å²) in [5.41, 5.74) is 4.77. The molecule has 2 aromatic carbocycles. The van der Waals surface area contributed by atoms with Crippen molar-refractivity contribution in [3.05, 3.63) is 70.8 Å². The summed E-state index contributed by atoms with van der Waals surface area (Å²) in [6.45, 7) is 7.90. The van der Waals surface area contributed by atoms with Gasteiger partial charge in [-0.15, -0.1) is 0 Å². The number of methoxy groups -OCH3 is 2. The molecule has 2 unspecified atom stereocenters. The average Bonchev–Trinajstić information content (AvgIpc) is 3.09. The summed E-state index contributed by atoms with van der Waals surface area (Å²) in [6.07, 6.45) is 0. The van der Waals surface area contributed by atoms with Crippen LogP contribution in [0.5, 0.6) is 11.5 Å². The van der Waals surface area contributed by atoms with E-state index in [0.29, 0.717) is 0 Å². The van der Waals surface area contributed by atoms with E-state index in [1.165, 1.54) is 11.1 Å². The van der Waals surface area contributed by atoms with Crippen LogP contribution in [0.3, 0.4) is 0 Å². The molecule has 0 heterocycles. The van der Waals surface area contributed by atoms with Crippen molar-refractivity contribution in [1.29, 1.82) is 0 Å². The number of hydrogen-bond acceptors (Lipinski definition) is 3. The van der Waals surface area contributed by atoms with Crippen LogP contribution in [0.1, 0.15) is 47.9 Å². The van der Waals surface area contributed by atoms with Crippen molar-refractivity contribution >= 4 is 5.78 Å².